The zero-order valence-electron chi connectivity index (χ0n) is 15.9. The second-order valence-electron chi connectivity index (χ2n) is 7.24. The highest BCUT2D eigenvalue weighted by Crippen LogP contribution is 2.24. The molecule has 0 aliphatic heterocycles. The smallest absolute Gasteiger partial charge is 0.251 e. The quantitative estimate of drug-likeness (QED) is 0.674. The highest BCUT2D eigenvalue weighted by molar-refractivity contribution is 5.94. The van der Waals surface area contributed by atoms with Gasteiger partial charge in [-0.05, 0) is 61.1 Å². The first-order valence-corrected chi connectivity index (χ1v) is 9.85. The Bertz CT molecular complexity index is 898. The number of carbonyl (C=O) groups is 1. The molecule has 0 spiro atoms. The average molecular weight is 375 g/mol. The second-order valence-corrected chi connectivity index (χ2v) is 7.24. The standard InChI is InChI=1S/C23H25N3O2/c27-23(18-9-11-22(12-10-18)28-21-7-3-4-8-21)25-15-19-5-1-2-6-20(19)16-26-14-13-24-17-26/h1-2,5-6,9-14,17,21H,3-4,7-8,15-16H2,(H,25,27). The van der Waals surface area contributed by atoms with Gasteiger partial charge in [-0.3, -0.25) is 4.79 Å². The number of carbonyl (C=O) groups excluding carboxylic acids is 1. The Hall–Kier alpha value is -3.08. The van der Waals surface area contributed by atoms with Crippen LogP contribution >= 0.6 is 0 Å². The Labute approximate surface area is 165 Å². The number of benzene rings is 2. The van der Waals surface area contributed by atoms with Crippen molar-refractivity contribution in [3.05, 3.63) is 83.9 Å². The molecule has 0 bridgehead atoms. The number of imidazole rings is 1. The van der Waals surface area contributed by atoms with E-state index in [1.165, 1.54) is 18.4 Å². The number of hydrogen-bond acceptors (Lipinski definition) is 3. The van der Waals surface area contributed by atoms with Crippen molar-refractivity contribution in [2.75, 3.05) is 0 Å². The molecule has 28 heavy (non-hydrogen) atoms. The van der Waals surface area contributed by atoms with E-state index in [9.17, 15) is 4.79 Å². The Morgan fingerprint density at radius 2 is 1.82 bits per heavy atom. The molecule has 1 aliphatic rings. The molecular weight excluding hydrogens is 350 g/mol. The minimum absolute atomic E-state index is 0.0788. The van der Waals surface area contributed by atoms with Crippen LogP contribution in [-0.4, -0.2) is 21.6 Å². The molecule has 0 atom stereocenters. The third-order valence-electron chi connectivity index (χ3n) is 5.19. The largest absolute Gasteiger partial charge is 0.490 e. The maximum Gasteiger partial charge on any atom is 0.251 e. The van der Waals surface area contributed by atoms with Gasteiger partial charge in [0, 0.05) is 31.0 Å². The SMILES string of the molecule is O=C(NCc1ccccc1Cn1ccnc1)c1ccc(OC2CCCC2)cc1. The number of nitrogens with one attached hydrogen (secondary N) is 1. The Morgan fingerprint density at radius 1 is 1.07 bits per heavy atom. The van der Waals surface area contributed by atoms with E-state index in [2.05, 4.69) is 16.4 Å². The van der Waals surface area contributed by atoms with Crippen molar-refractivity contribution in [2.45, 2.75) is 44.9 Å². The van der Waals surface area contributed by atoms with Gasteiger partial charge in [0.25, 0.3) is 5.91 Å². The van der Waals surface area contributed by atoms with Gasteiger partial charge in [-0.15, -0.1) is 0 Å². The van der Waals surface area contributed by atoms with Gasteiger partial charge in [0.2, 0.25) is 0 Å². The number of ether oxygens (including phenoxy) is 1. The van der Waals surface area contributed by atoms with E-state index in [4.69, 9.17) is 4.74 Å². The first kappa shape index (κ1) is 18.3. The highest BCUT2D eigenvalue weighted by atomic mass is 16.5. The first-order chi connectivity index (χ1) is 13.8. The van der Waals surface area contributed by atoms with Gasteiger partial charge in [0.1, 0.15) is 5.75 Å². The van der Waals surface area contributed by atoms with Crippen LogP contribution in [0.25, 0.3) is 0 Å². The number of amides is 1. The summed E-state index contributed by atoms with van der Waals surface area (Å²) >= 11 is 0. The third-order valence-corrected chi connectivity index (χ3v) is 5.19. The van der Waals surface area contributed by atoms with Crippen LogP contribution in [0.5, 0.6) is 5.75 Å². The lowest BCUT2D eigenvalue weighted by atomic mass is 10.1. The van der Waals surface area contributed by atoms with Crippen LogP contribution in [0.4, 0.5) is 0 Å². The van der Waals surface area contributed by atoms with Crippen molar-refractivity contribution in [1.82, 2.24) is 14.9 Å². The molecule has 5 heteroatoms. The molecule has 5 nitrogen and oxygen atoms in total. The molecule has 1 fully saturated rings. The van der Waals surface area contributed by atoms with Crippen LogP contribution in [0.1, 0.15) is 47.2 Å². The number of hydrogen-bond donors (Lipinski definition) is 1. The molecule has 1 aromatic heterocycles. The van der Waals surface area contributed by atoms with Crippen molar-refractivity contribution in [3.8, 4) is 5.75 Å². The molecule has 1 saturated carbocycles. The van der Waals surface area contributed by atoms with Crippen LogP contribution in [0, 0.1) is 0 Å². The van der Waals surface area contributed by atoms with Crippen molar-refractivity contribution in [1.29, 1.82) is 0 Å². The van der Waals surface area contributed by atoms with Crippen LogP contribution in [0.3, 0.4) is 0 Å². The number of rotatable bonds is 7. The topological polar surface area (TPSA) is 56.2 Å². The average Bonchev–Trinajstić information content (AvgIpc) is 3.42. The van der Waals surface area contributed by atoms with E-state index in [0.717, 1.165) is 30.7 Å². The first-order valence-electron chi connectivity index (χ1n) is 9.85. The zero-order valence-corrected chi connectivity index (χ0v) is 15.9. The van der Waals surface area contributed by atoms with Gasteiger partial charge in [-0.2, -0.15) is 0 Å². The van der Waals surface area contributed by atoms with E-state index < -0.39 is 0 Å². The van der Waals surface area contributed by atoms with Gasteiger partial charge < -0.3 is 14.6 Å². The molecule has 1 N–H and O–H groups in total. The molecule has 1 amide bonds. The Balaban J connectivity index is 1.35. The summed E-state index contributed by atoms with van der Waals surface area (Å²) in [6.07, 6.45) is 10.6. The van der Waals surface area contributed by atoms with Crippen molar-refractivity contribution in [2.24, 2.45) is 0 Å². The van der Waals surface area contributed by atoms with E-state index in [1.807, 2.05) is 53.2 Å². The lowest BCUT2D eigenvalue weighted by molar-refractivity contribution is 0.0951. The lowest BCUT2D eigenvalue weighted by Crippen LogP contribution is -2.23. The predicted molar refractivity (Wildman–Crippen MR) is 108 cm³/mol. The van der Waals surface area contributed by atoms with Crippen molar-refractivity contribution >= 4 is 5.91 Å². The van der Waals surface area contributed by atoms with Gasteiger partial charge >= 0.3 is 0 Å². The summed E-state index contributed by atoms with van der Waals surface area (Å²) in [7, 11) is 0. The van der Waals surface area contributed by atoms with Crippen molar-refractivity contribution in [3.63, 3.8) is 0 Å². The molecule has 3 aromatic rings. The van der Waals surface area contributed by atoms with E-state index in [1.54, 1.807) is 12.5 Å². The maximum atomic E-state index is 12.5. The molecule has 0 radical (unpaired) electrons. The molecule has 0 unspecified atom stereocenters. The predicted octanol–water partition coefficient (Wildman–Crippen LogP) is 4.18. The van der Waals surface area contributed by atoms with Gasteiger partial charge in [-0.1, -0.05) is 24.3 Å². The fraction of sp³-hybridized carbons (Fsp3) is 0.304. The molecule has 2 aromatic carbocycles. The van der Waals surface area contributed by atoms with Crippen molar-refractivity contribution < 1.29 is 9.53 Å². The maximum absolute atomic E-state index is 12.5. The Kier molecular flexibility index (Phi) is 5.71. The second kappa shape index (κ2) is 8.74. The lowest BCUT2D eigenvalue weighted by Gasteiger charge is -2.14. The highest BCUT2D eigenvalue weighted by Gasteiger charge is 2.16. The fourth-order valence-electron chi connectivity index (χ4n) is 3.62. The summed E-state index contributed by atoms with van der Waals surface area (Å²) in [5.74, 6) is 0.763. The van der Waals surface area contributed by atoms with Gasteiger partial charge in [0.05, 0.1) is 12.4 Å². The molecule has 1 heterocycles. The van der Waals surface area contributed by atoms with Gasteiger partial charge in [0.15, 0.2) is 0 Å². The fourth-order valence-corrected chi connectivity index (χ4v) is 3.62. The minimum atomic E-state index is -0.0788. The molecular formula is C23H25N3O2. The van der Waals surface area contributed by atoms with Crippen LogP contribution in [-0.2, 0) is 13.1 Å². The number of aromatic nitrogens is 2. The monoisotopic (exact) mass is 375 g/mol. The molecule has 0 saturated heterocycles. The van der Waals surface area contributed by atoms with Crippen LogP contribution in [0.2, 0.25) is 0 Å². The normalized spacial score (nSPS) is 14.1. The zero-order chi connectivity index (χ0) is 19.2. The summed E-state index contributed by atoms with van der Waals surface area (Å²) in [6.45, 7) is 1.23. The summed E-state index contributed by atoms with van der Waals surface area (Å²) < 4.78 is 7.98. The summed E-state index contributed by atoms with van der Waals surface area (Å²) in [5.41, 5.74) is 2.91. The molecule has 1 aliphatic carbocycles. The summed E-state index contributed by atoms with van der Waals surface area (Å²) in [5, 5.41) is 3.02. The summed E-state index contributed by atoms with van der Waals surface area (Å²) in [6, 6.07) is 15.6. The van der Waals surface area contributed by atoms with E-state index in [0.29, 0.717) is 18.2 Å². The van der Waals surface area contributed by atoms with Crippen LogP contribution < -0.4 is 10.1 Å². The van der Waals surface area contributed by atoms with E-state index in [-0.39, 0.29) is 5.91 Å². The van der Waals surface area contributed by atoms with E-state index >= 15 is 0 Å². The van der Waals surface area contributed by atoms with Gasteiger partial charge in [-0.25, -0.2) is 4.98 Å². The minimum Gasteiger partial charge on any atom is -0.490 e. The molecule has 4 rings (SSSR count). The summed E-state index contributed by atoms with van der Waals surface area (Å²) in [4.78, 5) is 16.6. The van der Waals surface area contributed by atoms with Crippen LogP contribution in [0.15, 0.2) is 67.3 Å². The Morgan fingerprint density at radius 3 is 2.54 bits per heavy atom. The molecule has 144 valence electrons. The number of nitrogens with zero attached hydrogens (tertiary/aromatic N) is 2. The third kappa shape index (κ3) is 4.60.